The molecular formula is C25H30N4O3. The molecule has 2 aliphatic rings. The standard InChI is InChI=1S/C25H30N4O3/c26-14-18(25(31)28-20-7-2-1-3-8-20)13-19-16-29(23-11-5-4-10-22(19)23)17-24(30)27-15-21-9-6-12-32-21/h4-5,10-11,13,16,20-21H,1-3,6-9,12,15,17H2,(H,27,30)(H,28,31). The second-order valence-corrected chi connectivity index (χ2v) is 8.65. The van der Waals surface area contributed by atoms with Gasteiger partial charge in [-0.05, 0) is 37.8 Å². The largest absolute Gasteiger partial charge is 0.376 e. The Balaban J connectivity index is 1.49. The Hall–Kier alpha value is -3.11. The summed E-state index contributed by atoms with van der Waals surface area (Å²) in [6.45, 7) is 1.44. The SMILES string of the molecule is N#CC(=Cc1cn(CC(=O)NCC2CCCO2)c2ccccc12)C(=O)NC1CCCCC1. The molecule has 2 fully saturated rings. The summed E-state index contributed by atoms with van der Waals surface area (Å²) in [6.07, 6.45) is 10.9. The lowest BCUT2D eigenvalue weighted by Gasteiger charge is -2.22. The molecule has 168 valence electrons. The van der Waals surface area contributed by atoms with Gasteiger partial charge >= 0.3 is 0 Å². The number of nitrogens with zero attached hydrogens (tertiary/aromatic N) is 2. The van der Waals surface area contributed by atoms with Gasteiger partial charge in [-0.2, -0.15) is 5.26 Å². The van der Waals surface area contributed by atoms with E-state index in [0.717, 1.165) is 61.6 Å². The van der Waals surface area contributed by atoms with Crippen molar-refractivity contribution in [1.82, 2.24) is 15.2 Å². The minimum atomic E-state index is -0.328. The second-order valence-electron chi connectivity index (χ2n) is 8.65. The van der Waals surface area contributed by atoms with Crippen LogP contribution in [0.15, 0.2) is 36.0 Å². The number of fused-ring (bicyclic) bond motifs is 1. The second kappa shape index (κ2) is 10.5. The maximum absolute atomic E-state index is 12.7. The van der Waals surface area contributed by atoms with Crippen molar-refractivity contribution >= 4 is 28.8 Å². The van der Waals surface area contributed by atoms with E-state index in [1.165, 1.54) is 6.42 Å². The van der Waals surface area contributed by atoms with Crippen LogP contribution in [0.4, 0.5) is 0 Å². The number of benzene rings is 1. The van der Waals surface area contributed by atoms with E-state index < -0.39 is 0 Å². The highest BCUT2D eigenvalue weighted by atomic mass is 16.5. The Bertz CT molecular complexity index is 1040. The molecule has 0 bridgehead atoms. The van der Waals surface area contributed by atoms with Crippen LogP contribution in [-0.4, -0.2) is 41.7 Å². The van der Waals surface area contributed by atoms with E-state index in [1.807, 2.05) is 35.0 Å². The van der Waals surface area contributed by atoms with Crippen LogP contribution in [0, 0.1) is 11.3 Å². The molecule has 0 radical (unpaired) electrons. The van der Waals surface area contributed by atoms with E-state index in [1.54, 1.807) is 6.08 Å². The molecule has 0 spiro atoms. The van der Waals surface area contributed by atoms with E-state index in [-0.39, 0.29) is 36.1 Å². The van der Waals surface area contributed by atoms with Gasteiger partial charge in [0.2, 0.25) is 5.91 Å². The molecule has 1 saturated carbocycles. The Morgan fingerprint density at radius 1 is 1.16 bits per heavy atom. The van der Waals surface area contributed by atoms with Gasteiger partial charge in [0.15, 0.2) is 0 Å². The number of carbonyl (C=O) groups is 2. The van der Waals surface area contributed by atoms with Crippen LogP contribution in [0.2, 0.25) is 0 Å². The monoisotopic (exact) mass is 434 g/mol. The molecule has 1 aliphatic carbocycles. The lowest BCUT2D eigenvalue weighted by Crippen LogP contribution is -2.36. The van der Waals surface area contributed by atoms with Crippen LogP contribution in [-0.2, 0) is 20.9 Å². The zero-order valence-electron chi connectivity index (χ0n) is 18.3. The topological polar surface area (TPSA) is 96.2 Å². The summed E-state index contributed by atoms with van der Waals surface area (Å²) in [5.74, 6) is -0.419. The van der Waals surface area contributed by atoms with Gasteiger partial charge in [-0.3, -0.25) is 9.59 Å². The molecule has 2 amide bonds. The third-order valence-corrected chi connectivity index (χ3v) is 6.29. The summed E-state index contributed by atoms with van der Waals surface area (Å²) in [5.41, 5.74) is 1.72. The van der Waals surface area contributed by atoms with Crippen LogP contribution in [0.1, 0.15) is 50.5 Å². The van der Waals surface area contributed by atoms with Crippen LogP contribution in [0.3, 0.4) is 0 Å². The number of aromatic nitrogens is 1. The molecule has 2 aromatic rings. The molecule has 7 nitrogen and oxygen atoms in total. The number of hydrogen-bond donors (Lipinski definition) is 2. The first kappa shape index (κ1) is 22.1. The molecule has 4 rings (SSSR count). The number of hydrogen-bond acceptors (Lipinski definition) is 4. The number of nitriles is 1. The zero-order chi connectivity index (χ0) is 22.3. The van der Waals surface area contributed by atoms with E-state index in [0.29, 0.717) is 6.54 Å². The van der Waals surface area contributed by atoms with E-state index in [9.17, 15) is 14.9 Å². The lowest BCUT2D eigenvalue weighted by molar-refractivity contribution is -0.122. The maximum Gasteiger partial charge on any atom is 0.262 e. The van der Waals surface area contributed by atoms with E-state index >= 15 is 0 Å². The number of rotatable bonds is 7. The highest BCUT2D eigenvalue weighted by molar-refractivity contribution is 6.04. The van der Waals surface area contributed by atoms with E-state index in [2.05, 4.69) is 16.7 Å². The Morgan fingerprint density at radius 2 is 1.97 bits per heavy atom. The van der Waals surface area contributed by atoms with Crippen molar-refractivity contribution in [3.05, 3.63) is 41.6 Å². The van der Waals surface area contributed by atoms with Crippen molar-refractivity contribution in [3.8, 4) is 6.07 Å². The number of carbonyl (C=O) groups excluding carboxylic acids is 2. The van der Waals surface area contributed by atoms with Crippen molar-refractivity contribution in [3.63, 3.8) is 0 Å². The fourth-order valence-electron chi connectivity index (χ4n) is 4.58. The van der Waals surface area contributed by atoms with Crippen LogP contribution in [0.25, 0.3) is 17.0 Å². The van der Waals surface area contributed by atoms with Crippen LogP contribution >= 0.6 is 0 Å². The lowest BCUT2D eigenvalue weighted by atomic mass is 9.95. The molecule has 32 heavy (non-hydrogen) atoms. The average molecular weight is 435 g/mol. The van der Waals surface area contributed by atoms with Crippen LogP contribution in [0.5, 0.6) is 0 Å². The first-order valence-electron chi connectivity index (χ1n) is 11.5. The average Bonchev–Trinajstić information content (AvgIpc) is 3.45. The highest BCUT2D eigenvalue weighted by Crippen LogP contribution is 2.24. The summed E-state index contributed by atoms with van der Waals surface area (Å²) in [5, 5.41) is 16.5. The number of amides is 2. The van der Waals surface area contributed by atoms with Gasteiger partial charge in [0.25, 0.3) is 5.91 Å². The molecular weight excluding hydrogens is 404 g/mol. The highest BCUT2D eigenvalue weighted by Gasteiger charge is 2.20. The molecule has 7 heteroatoms. The van der Waals surface area contributed by atoms with Gasteiger partial charge in [0.05, 0.1) is 6.10 Å². The van der Waals surface area contributed by atoms with Gasteiger partial charge in [-0.1, -0.05) is 37.5 Å². The molecule has 1 aromatic carbocycles. The van der Waals surface area contributed by atoms with Gasteiger partial charge < -0.3 is 19.9 Å². The van der Waals surface area contributed by atoms with E-state index in [4.69, 9.17) is 4.74 Å². The normalized spacial score (nSPS) is 19.6. The first-order valence-corrected chi connectivity index (χ1v) is 11.5. The molecule has 2 heterocycles. The third-order valence-electron chi connectivity index (χ3n) is 6.29. The molecule has 1 aromatic heterocycles. The van der Waals surface area contributed by atoms with Gasteiger partial charge in [0.1, 0.15) is 18.2 Å². The summed E-state index contributed by atoms with van der Waals surface area (Å²) in [4.78, 5) is 25.2. The van der Waals surface area contributed by atoms with Gasteiger partial charge in [-0.25, -0.2) is 0 Å². The fourth-order valence-corrected chi connectivity index (χ4v) is 4.58. The van der Waals surface area contributed by atoms with Crippen molar-refractivity contribution < 1.29 is 14.3 Å². The number of nitrogens with one attached hydrogen (secondary N) is 2. The summed E-state index contributed by atoms with van der Waals surface area (Å²) in [7, 11) is 0. The molecule has 2 N–H and O–H groups in total. The first-order chi connectivity index (χ1) is 15.6. The Kier molecular flexibility index (Phi) is 7.23. The fraction of sp³-hybridized carbons (Fsp3) is 0.480. The predicted molar refractivity (Wildman–Crippen MR) is 123 cm³/mol. The maximum atomic E-state index is 12.7. The third kappa shape index (κ3) is 5.38. The van der Waals surface area contributed by atoms with Crippen molar-refractivity contribution in [2.24, 2.45) is 0 Å². The minimum absolute atomic E-state index is 0.0845. The number of ether oxygens (including phenoxy) is 1. The smallest absolute Gasteiger partial charge is 0.262 e. The summed E-state index contributed by atoms with van der Waals surface area (Å²) in [6, 6.07) is 9.90. The molecule has 1 saturated heterocycles. The van der Waals surface area contributed by atoms with Gasteiger partial charge in [-0.15, -0.1) is 0 Å². The quantitative estimate of drug-likeness (QED) is 0.516. The van der Waals surface area contributed by atoms with Gasteiger partial charge in [0, 0.05) is 41.9 Å². The molecule has 1 atom stereocenters. The summed E-state index contributed by atoms with van der Waals surface area (Å²) < 4.78 is 7.42. The van der Waals surface area contributed by atoms with Crippen LogP contribution < -0.4 is 10.6 Å². The number of para-hydroxylation sites is 1. The molecule has 1 unspecified atom stereocenters. The van der Waals surface area contributed by atoms with Crippen molar-refractivity contribution in [1.29, 1.82) is 5.26 Å². The zero-order valence-corrected chi connectivity index (χ0v) is 18.3. The van der Waals surface area contributed by atoms with Crippen molar-refractivity contribution in [2.75, 3.05) is 13.2 Å². The summed E-state index contributed by atoms with van der Waals surface area (Å²) >= 11 is 0. The molecule has 1 aliphatic heterocycles. The van der Waals surface area contributed by atoms with Crippen molar-refractivity contribution in [2.45, 2.75) is 63.6 Å². The Morgan fingerprint density at radius 3 is 2.72 bits per heavy atom. The predicted octanol–water partition coefficient (Wildman–Crippen LogP) is 3.29. The Labute approximate surface area is 188 Å². The minimum Gasteiger partial charge on any atom is -0.376 e.